The van der Waals surface area contributed by atoms with Gasteiger partial charge in [0.25, 0.3) is 0 Å². The second-order valence-corrected chi connectivity index (χ2v) is 10.5. The maximum absolute atomic E-state index is 11.5. The molecular formula is C24H36O3. The van der Waals surface area contributed by atoms with Crippen molar-refractivity contribution in [2.24, 2.45) is 40.4 Å². The minimum atomic E-state index is -0.146. The van der Waals surface area contributed by atoms with Crippen LogP contribution in [0.15, 0.2) is 11.6 Å². The van der Waals surface area contributed by atoms with Crippen molar-refractivity contribution in [1.29, 1.82) is 0 Å². The highest BCUT2D eigenvalue weighted by molar-refractivity contribution is 5.66. The lowest BCUT2D eigenvalue weighted by Gasteiger charge is -2.58. The number of carbonyl (C=O) groups excluding carboxylic acids is 2. The van der Waals surface area contributed by atoms with Gasteiger partial charge in [-0.3, -0.25) is 4.79 Å². The Bertz CT molecular complexity index is 652. The minimum Gasteiger partial charge on any atom is -0.462 e. The topological polar surface area (TPSA) is 43.4 Å². The van der Waals surface area contributed by atoms with Gasteiger partial charge in [0.1, 0.15) is 12.4 Å². The Morgan fingerprint density at radius 3 is 2.67 bits per heavy atom. The molecule has 4 rings (SSSR count). The number of allylic oxidation sites excluding steroid dienone is 1. The van der Waals surface area contributed by atoms with Crippen LogP contribution >= 0.6 is 0 Å². The SMILES string of the molecule is CC(=O)O[C@H]1CC[C@@]2(C)C(=CC[C@H]3[C@@H]4CC[C@H]([C@@H](C)C=O)[C@@]4(C)CC[C@@H]32)C1. The summed E-state index contributed by atoms with van der Waals surface area (Å²) in [6.45, 7) is 8.64. The van der Waals surface area contributed by atoms with Crippen molar-refractivity contribution in [3.05, 3.63) is 11.6 Å². The van der Waals surface area contributed by atoms with Crippen LogP contribution < -0.4 is 0 Å². The highest BCUT2D eigenvalue weighted by atomic mass is 16.5. The van der Waals surface area contributed by atoms with Crippen molar-refractivity contribution in [2.75, 3.05) is 0 Å². The fourth-order valence-electron chi connectivity index (χ4n) is 7.96. The van der Waals surface area contributed by atoms with E-state index in [0.717, 1.165) is 37.0 Å². The standard InChI is InChI=1S/C24H36O3/c1-15(14-25)20-7-8-21-19-6-5-17-13-18(27-16(2)26)9-11-23(17,3)22(19)10-12-24(20,21)4/h5,14-15,18-22H,6-13H2,1-4H3/t15-,18-,19-,20+,21-,22-,23-,24+/m0/s1. The Balaban J connectivity index is 1.57. The number of aldehydes is 1. The van der Waals surface area contributed by atoms with E-state index in [1.807, 2.05) is 0 Å². The second kappa shape index (κ2) is 6.74. The summed E-state index contributed by atoms with van der Waals surface area (Å²) in [7, 11) is 0. The average Bonchev–Trinajstić information content (AvgIpc) is 2.98. The van der Waals surface area contributed by atoms with Crippen molar-refractivity contribution >= 4 is 12.3 Å². The molecule has 27 heavy (non-hydrogen) atoms. The number of fused-ring (bicyclic) bond motifs is 5. The summed E-state index contributed by atoms with van der Waals surface area (Å²) in [5.74, 6) is 2.92. The molecule has 3 heteroatoms. The summed E-state index contributed by atoms with van der Waals surface area (Å²) >= 11 is 0. The maximum Gasteiger partial charge on any atom is 0.302 e. The highest BCUT2D eigenvalue weighted by Gasteiger charge is 2.59. The van der Waals surface area contributed by atoms with E-state index in [9.17, 15) is 9.59 Å². The van der Waals surface area contributed by atoms with Gasteiger partial charge in [-0.2, -0.15) is 0 Å². The normalized spacial score (nSPS) is 47.1. The van der Waals surface area contributed by atoms with Gasteiger partial charge in [-0.05, 0) is 79.4 Å². The first-order valence-electron chi connectivity index (χ1n) is 11.1. The molecule has 0 radical (unpaired) electrons. The molecule has 0 unspecified atom stereocenters. The van der Waals surface area contributed by atoms with Crippen LogP contribution in [-0.4, -0.2) is 18.4 Å². The molecule has 3 saturated carbocycles. The summed E-state index contributed by atoms with van der Waals surface area (Å²) in [5, 5.41) is 0. The molecule has 8 atom stereocenters. The molecule has 0 aliphatic heterocycles. The summed E-state index contributed by atoms with van der Waals surface area (Å²) in [6, 6.07) is 0. The molecule has 0 amide bonds. The molecule has 4 aliphatic carbocycles. The van der Waals surface area contributed by atoms with Crippen molar-refractivity contribution in [3.63, 3.8) is 0 Å². The van der Waals surface area contributed by atoms with Gasteiger partial charge in [0.05, 0.1) is 0 Å². The molecule has 0 aromatic heterocycles. The van der Waals surface area contributed by atoms with Crippen molar-refractivity contribution in [3.8, 4) is 0 Å². The molecule has 0 aromatic rings. The number of carbonyl (C=O) groups is 2. The summed E-state index contributed by atoms with van der Waals surface area (Å²) in [4.78, 5) is 22.9. The average molecular weight is 373 g/mol. The third-order valence-corrected chi connectivity index (χ3v) is 9.31. The van der Waals surface area contributed by atoms with Crippen LogP contribution in [0.25, 0.3) is 0 Å². The third-order valence-electron chi connectivity index (χ3n) is 9.31. The van der Waals surface area contributed by atoms with Crippen molar-refractivity contribution in [2.45, 2.75) is 85.2 Å². The van der Waals surface area contributed by atoms with E-state index in [1.54, 1.807) is 5.57 Å². The predicted octanol–water partition coefficient (Wildman–Crippen LogP) is 5.33. The van der Waals surface area contributed by atoms with Crippen LogP contribution in [0.2, 0.25) is 0 Å². The van der Waals surface area contributed by atoms with E-state index in [0.29, 0.717) is 11.3 Å². The van der Waals surface area contributed by atoms with Crippen molar-refractivity contribution in [1.82, 2.24) is 0 Å². The van der Waals surface area contributed by atoms with Gasteiger partial charge in [-0.15, -0.1) is 0 Å². The number of hydrogen-bond acceptors (Lipinski definition) is 3. The van der Waals surface area contributed by atoms with Gasteiger partial charge in [-0.25, -0.2) is 0 Å². The van der Waals surface area contributed by atoms with E-state index in [4.69, 9.17) is 4.74 Å². The Hall–Kier alpha value is -1.12. The van der Waals surface area contributed by atoms with Crippen LogP contribution in [0.5, 0.6) is 0 Å². The van der Waals surface area contributed by atoms with Gasteiger partial charge >= 0.3 is 5.97 Å². The largest absolute Gasteiger partial charge is 0.462 e. The first kappa shape index (κ1) is 19.2. The van der Waals surface area contributed by atoms with Crippen LogP contribution in [0.3, 0.4) is 0 Å². The van der Waals surface area contributed by atoms with Crippen LogP contribution in [0.1, 0.15) is 79.1 Å². The molecule has 0 saturated heterocycles. The lowest BCUT2D eigenvalue weighted by molar-refractivity contribution is -0.148. The van der Waals surface area contributed by atoms with E-state index in [2.05, 4.69) is 26.8 Å². The summed E-state index contributed by atoms with van der Waals surface area (Å²) in [5.41, 5.74) is 2.19. The molecule has 4 aliphatic rings. The smallest absolute Gasteiger partial charge is 0.302 e. The van der Waals surface area contributed by atoms with Crippen LogP contribution in [0, 0.1) is 40.4 Å². The summed E-state index contributed by atoms with van der Waals surface area (Å²) in [6.07, 6.45) is 13.2. The van der Waals surface area contributed by atoms with Gasteiger partial charge in [0, 0.05) is 19.3 Å². The third kappa shape index (κ3) is 2.91. The van der Waals surface area contributed by atoms with Crippen molar-refractivity contribution < 1.29 is 14.3 Å². The van der Waals surface area contributed by atoms with Gasteiger partial charge in [-0.1, -0.05) is 32.4 Å². The molecule has 0 aromatic carbocycles. The lowest BCUT2D eigenvalue weighted by atomic mass is 9.47. The Kier molecular flexibility index (Phi) is 4.79. The molecule has 3 nitrogen and oxygen atoms in total. The Labute approximate surface area is 164 Å². The first-order chi connectivity index (χ1) is 12.8. The fourth-order valence-corrected chi connectivity index (χ4v) is 7.96. The monoisotopic (exact) mass is 372 g/mol. The van der Waals surface area contributed by atoms with Gasteiger partial charge < -0.3 is 9.53 Å². The molecule has 150 valence electrons. The molecule has 3 fully saturated rings. The van der Waals surface area contributed by atoms with Gasteiger partial charge in [0.15, 0.2) is 0 Å². The van der Waals surface area contributed by atoms with E-state index >= 15 is 0 Å². The molecule has 0 N–H and O–H groups in total. The number of rotatable bonds is 3. The minimum absolute atomic E-state index is 0.0801. The lowest BCUT2D eigenvalue weighted by Crippen LogP contribution is -2.51. The van der Waals surface area contributed by atoms with E-state index in [-0.39, 0.29) is 23.4 Å². The van der Waals surface area contributed by atoms with E-state index < -0.39 is 0 Å². The Morgan fingerprint density at radius 1 is 1.19 bits per heavy atom. The highest BCUT2D eigenvalue weighted by Crippen LogP contribution is 2.67. The maximum atomic E-state index is 11.5. The molecule has 0 spiro atoms. The molecular weight excluding hydrogens is 336 g/mol. The first-order valence-corrected chi connectivity index (χ1v) is 11.1. The quantitative estimate of drug-likeness (QED) is 0.382. The molecule has 0 bridgehead atoms. The number of hydrogen-bond donors (Lipinski definition) is 0. The second-order valence-electron chi connectivity index (χ2n) is 10.5. The molecule has 0 heterocycles. The van der Waals surface area contributed by atoms with Crippen LogP contribution in [-0.2, 0) is 14.3 Å². The van der Waals surface area contributed by atoms with Gasteiger partial charge in [0.2, 0.25) is 0 Å². The van der Waals surface area contributed by atoms with E-state index in [1.165, 1.54) is 45.3 Å². The zero-order valence-electron chi connectivity index (χ0n) is 17.5. The zero-order chi connectivity index (χ0) is 19.4. The summed E-state index contributed by atoms with van der Waals surface area (Å²) < 4.78 is 5.55. The van der Waals surface area contributed by atoms with Crippen LogP contribution in [0.4, 0.5) is 0 Å². The number of ether oxygens (including phenoxy) is 1. The zero-order valence-corrected chi connectivity index (χ0v) is 17.5. The number of esters is 1. The predicted molar refractivity (Wildman–Crippen MR) is 106 cm³/mol. The fraction of sp³-hybridized carbons (Fsp3) is 0.833. The Morgan fingerprint density at radius 2 is 1.96 bits per heavy atom.